The van der Waals surface area contributed by atoms with Crippen LogP contribution in [0.3, 0.4) is 0 Å². The molecule has 6 nitrogen and oxygen atoms in total. The van der Waals surface area contributed by atoms with Gasteiger partial charge in [0.15, 0.2) is 0 Å². The Morgan fingerprint density at radius 3 is 2.40 bits per heavy atom. The number of nitrogens with one attached hydrogen (secondary N) is 3. The van der Waals surface area contributed by atoms with E-state index >= 15 is 0 Å². The molecule has 0 radical (unpaired) electrons. The zero-order valence-corrected chi connectivity index (χ0v) is 15.1. The Hall–Kier alpha value is -2.63. The first-order valence-electron chi connectivity index (χ1n) is 8.50. The summed E-state index contributed by atoms with van der Waals surface area (Å²) in [6, 6.07) is 7.57. The second kappa shape index (κ2) is 8.46. The molecule has 134 valence electrons. The van der Waals surface area contributed by atoms with E-state index in [1.54, 1.807) is 12.4 Å². The zero-order valence-electron chi connectivity index (χ0n) is 15.1. The summed E-state index contributed by atoms with van der Waals surface area (Å²) in [5, 5.41) is 5.58. The Morgan fingerprint density at radius 2 is 1.80 bits per heavy atom. The molecular formula is C19H26N4O2. The number of rotatable bonds is 7. The van der Waals surface area contributed by atoms with Crippen LogP contribution in [0.5, 0.6) is 0 Å². The van der Waals surface area contributed by atoms with Crippen LogP contribution in [0.1, 0.15) is 48.9 Å². The molecule has 1 aromatic heterocycles. The molecule has 0 saturated heterocycles. The highest BCUT2D eigenvalue weighted by Gasteiger charge is 2.14. The Morgan fingerprint density at radius 1 is 1.08 bits per heavy atom. The second-order valence-electron chi connectivity index (χ2n) is 6.97. The van der Waals surface area contributed by atoms with Crippen LogP contribution in [0.2, 0.25) is 0 Å². The van der Waals surface area contributed by atoms with Gasteiger partial charge in [-0.25, -0.2) is 4.98 Å². The highest BCUT2D eigenvalue weighted by molar-refractivity contribution is 5.94. The maximum atomic E-state index is 12.1. The van der Waals surface area contributed by atoms with Crippen LogP contribution in [0.4, 0.5) is 0 Å². The Labute approximate surface area is 148 Å². The van der Waals surface area contributed by atoms with E-state index in [1.807, 2.05) is 24.3 Å². The molecule has 2 rings (SSSR count). The van der Waals surface area contributed by atoms with E-state index in [9.17, 15) is 9.59 Å². The highest BCUT2D eigenvalue weighted by Crippen LogP contribution is 2.22. The average molecular weight is 342 g/mol. The molecule has 0 aliphatic heterocycles. The maximum Gasteiger partial charge on any atom is 0.251 e. The summed E-state index contributed by atoms with van der Waals surface area (Å²) in [5.41, 5.74) is 1.84. The van der Waals surface area contributed by atoms with Crippen LogP contribution in [0, 0.1) is 0 Å². The Bertz CT molecular complexity index is 685. The number of hydrogen-bond donors (Lipinski definition) is 3. The number of imidazole rings is 1. The third-order valence-electron chi connectivity index (χ3n) is 3.89. The largest absolute Gasteiger partial charge is 0.356 e. The number of carbonyl (C=O) groups excluding carboxylic acids is 2. The van der Waals surface area contributed by atoms with Crippen molar-refractivity contribution in [2.45, 2.75) is 39.0 Å². The van der Waals surface area contributed by atoms with Gasteiger partial charge in [0.1, 0.15) is 5.82 Å². The van der Waals surface area contributed by atoms with Crippen molar-refractivity contribution in [3.8, 4) is 0 Å². The molecule has 0 aliphatic rings. The van der Waals surface area contributed by atoms with Crippen molar-refractivity contribution in [1.82, 2.24) is 20.6 Å². The van der Waals surface area contributed by atoms with Gasteiger partial charge >= 0.3 is 0 Å². The van der Waals surface area contributed by atoms with E-state index in [4.69, 9.17) is 0 Å². The van der Waals surface area contributed by atoms with Crippen LogP contribution in [-0.2, 0) is 16.6 Å². The lowest BCUT2D eigenvalue weighted by Crippen LogP contribution is -2.31. The number of amides is 2. The molecule has 0 bridgehead atoms. The Balaban J connectivity index is 1.68. The summed E-state index contributed by atoms with van der Waals surface area (Å²) in [6.07, 6.45) is 4.34. The summed E-state index contributed by atoms with van der Waals surface area (Å²) >= 11 is 0. The molecular weight excluding hydrogens is 316 g/mol. The normalized spacial score (nSPS) is 11.2. The quantitative estimate of drug-likeness (QED) is 0.721. The fraction of sp³-hybridized carbons (Fsp3) is 0.421. The number of carbonyl (C=O) groups is 2. The fourth-order valence-corrected chi connectivity index (χ4v) is 2.36. The lowest BCUT2D eigenvalue weighted by molar-refractivity contribution is -0.120. The van der Waals surface area contributed by atoms with Crippen LogP contribution in [-0.4, -0.2) is 34.9 Å². The van der Waals surface area contributed by atoms with Crippen LogP contribution in [0.25, 0.3) is 0 Å². The molecule has 2 amide bonds. The maximum absolute atomic E-state index is 12.1. The predicted octanol–water partition coefficient (Wildman–Crippen LogP) is 2.19. The molecule has 0 atom stereocenters. The molecule has 0 saturated carbocycles. The molecule has 2 aromatic rings. The van der Waals surface area contributed by atoms with Crippen molar-refractivity contribution in [3.63, 3.8) is 0 Å². The number of H-pyrrole nitrogens is 1. The van der Waals surface area contributed by atoms with E-state index in [0.717, 1.165) is 5.82 Å². The average Bonchev–Trinajstić information content (AvgIpc) is 3.07. The fourth-order valence-electron chi connectivity index (χ4n) is 2.36. The molecule has 0 fully saturated rings. The SMILES string of the molecule is CC(C)(C)c1ccc(C(=O)NCCC(=O)NCCc2ncc[nH]2)cc1. The minimum atomic E-state index is -0.163. The van der Waals surface area contributed by atoms with Gasteiger partial charge in [0, 0.05) is 43.9 Å². The predicted molar refractivity (Wildman–Crippen MR) is 97.4 cm³/mol. The number of hydrogen-bond acceptors (Lipinski definition) is 3. The Kier molecular flexibility index (Phi) is 6.33. The molecule has 0 aliphatic carbocycles. The van der Waals surface area contributed by atoms with Crippen molar-refractivity contribution >= 4 is 11.8 Å². The third-order valence-corrected chi connectivity index (χ3v) is 3.89. The molecule has 1 heterocycles. The molecule has 0 spiro atoms. The van der Waals surface area contributed by atoms with E-state index in [-0.39, 0.29) is 23.7 Å². The van der Waals surface area contributed by atoms with Crippen LogP contribution < -0.4 is 10.6 Å². The summed E-state index contributed by atoms with van der Waals surface area (Å²) in [7, 11) is 0. The van der Waals surface area contributed by atoms with Gasteiger partial charge in [0.25, 0.3) is 5.91 Å². The van der Waals surface area contributed by atoms with Gasteiger partial charge in [0.2, 0.25) is 5.91 Å². The van der Waals surface area contributed by atoms with Gasteiger partial charge in [-0.2, -0.15) is 0 Å². The van der Waals surface area contributed by atoms with Gasteiger partial charge < -0.3 is 15.6 Å². The van der Waals surface area contributed by atoms with E-state index in [2.05, 4.69) is 41.4 Å². The van der Waals surface area contributed by atoms with Crippen LogP contribution in [0.15, 0.2) is 36.7 Å². The first-order chi connectivity index (χ1) is 11.9. The summed E-state index contributed by atoms with van der Waals surface area (Å²) in [6.45, 7) is 7.23. The molecule has 3 N–H and O–H groups in total. The van der Waals surface area contributed by atoms with Crippen molar-refractivity contribution in [2.75, 3.05) is 13.1 Å². The van der Waals surface area contributed by atoms with Crippen LogP contribution >= 0.6 is 0 Å². The van der Waals surface area contributed by atoms with Crippen molar-refractivity contribution in [3.05, 3.63) is 53.6 Å². The number of nitrogens with zero attached hydrogens (tertiary/aromatic N) is 1. The lowest BCUT2D eigenvalue weighted by Gasteiger charge is -2.19. The van der Waals surface area contributed by atoms with Gasteiger partial charge in [-0.15, -0.1) is 0 Å². The third kappa shape index (κ3) is 6.06. The molecule has 0 unspecified atom stereocenters. The lowest BCUT2D eigenvalue weighted by atomic mass is 9.87. The molecule has 1 aromatic carbocycles. The van der Waals surface area contributed by atoms with Crippen molar-refractivity contribution < 1.29 is 9.59 Å². The highest BCUT2D eigenvalue weighted by atomic mass is 16.2. The van der Waals surface area contributed by atoms with Crippen molar-refractivity contribution in [2.24, 2.45) is 0 Å². The number of benzene rings is 1. The number of aromatic amines is 1. The van der Waals surface area contributed by atoms with E-state index in [1.165, 1.54) is 5.56 Å². The second-order valence-corrected chi connectivity index (χ2v) is 6.97. The van der Waals surface area contributed by atoms with Crippen molar-refractivity contribution in [1.29, 1.82) is 0 Å². The van der Waals surface area contributed by atoms with Gasteiger partial charge in [0.05, 0.1) is 0 Å². The topological polar surface area (TPSA) is 86.9 Å². The monoisotopic (exact) mass is 342 g/mol. The van der Waals surface area contributed by atoms with E-state index in [0.29, 0.717) is 25.1 Å². The van der Waals surface area contributed by atoms with Gasteiger partial charge in [-0.1, -0.05) is 32.9 Å². The minimum absolute atomic E-state index is 0.0583. The smallest absolute Gasteiger partial charge is 0.251 e. The van der Waals surface area contributed by atoms with Gasteiger partial charge in [-0.05, 0) is 23.1 Å². The summed E-state index contributed by atoms with van der Waals surface area (Å²) in [4.78, 5) is 30.9. The number of aromatic nitrogens is 2. The molecule has 6 heteroatoms. The minimum Gasteiger partial charge on any atom is -0.356 e. The first kappa shape index (κ1) is 18.7. The zero-order chi connectivity index (χ0) is 18.3. The first-order valence-corrected chi connectivity index (χ1v) is 8.50. The van der Waals surface area contributed by atoms with E-state index < -0.39 is 0 Å². The summed E-state index contributed by atoms with van der Waals surface area (Å²) < 4.78 is 0. The van der Waals surface area contributed by atoms with Gasteiger partial charge in [-0.3, -0.25) is 9.59 Å². The standard InChI is InChI=1S/C19H26N4O2/c1-19(2,3)15-6-4-14(5-7-15)18(25)23-11-9-17(24)22-10-8-16-20-12-13-21-16/h4-7,12-13H,8-11H2,1-3H3,(H,20,21)(H,22,24)(H,23,25). The summed E-state index contributed by atoms with van der Waals surface area (Å²) in [5.74, 6) is 0.589. The molecule has 25 heavy (non-hydrogen) atoms.